The van der Waals surface area contributed by atoms with Gasteiger partial charge in [-0.25, -0.2) is 0 Å². The van der Waals surface area contributed by atoms with Crippen LogP contribution in [0.15, 0.2) is 12.2 Å². The molecule has 0 aliphatic carbocycles. The zero-order valence-electron chi connectivity index (χ0n) is 14.1. The maximum atomic E-state index is 12.3. The highest BCUT2D eigenvalue weighted by atomic mass is 16.6. The molecular weight excluding hydrogens is 316 g/mol. The smallest absolute Gasteiger partial charge is 0.245 e. The molecule has 24 heavy (non-hydrogen) atoms. The van der Waals surface area contributed by atoms with Crippen molar-refractivity contribution in [3.05, 3.63) is 12.2 Å². The molecule has 0 radical (unpaired) electrons. The molecule has 8 heteroatoms. The third-order valence-corrected chi connectivity index (χ3v) is 3.57. The molecule has 4 atom stereocenters. The molecule has 1 fully saturated rings. The molecule has 1 rings (SSSR count). The van der Waals surface area contributed by atoms with Gasteiger partial charge in [0.05, 0.1) is 19.3 Å². The Morgan fingerprint density at radius 3 is 2.33 bits per heavy atom. The molecule has 0 saturated carbocycles. The minimum absolute atomic E-state index is 0.212. The summed E-state index contributed by atoms with van der Waals surface area (Å²) in [6.45, 7) is 6.43. The molecule has 0 aromatic heterocycles. The number of amides is 2. The lowest BCUT2D eigenvalue weighted by Gasteiger charge is -2.21. The molecule has 0 aromatic rings. The van der Waals surface area contributed by atoms with Crippen molar-refractivity contribution in [2.45, 2.75) is 57.4 Å². The largest absolute Gasteiger partial charge is 0.394 e. The van der Waals surface area contributed by atoms with Crippen molar-refractivity contribution in [2.24, 2.45) is 0 Å². The molecule has 2 amide bonds. The van der Waals surface area contributed by atoms with Crippen LogP contribution >= 0.6 is 0 Å². The van der Waals surface area contributed by atoms with E-state index in [0.717, 1.165) is 0 Å². The Morgan fingerprint density at radius 2 is 1.88 bits per heavy atom. The number of carbonyl (C=O) groups is 3. The Kier molecular flexibility index (Phi) is 8.03. The lowest BCUT2D eigenvalue weighted by atomic mass is 10.0. The van der Waals surface area contributed by atoms with E-state index in [2.05, 4.69) is 17.2 Å². The van der Waals surface area contributed by atoms with E-state index in [1.165, 1.54) is 0 Å². The first-order valence-electron chi connectivity index (χ1n) is 7.99. The van der Waals surface area contributed by atoms with E-state index in [-0.39, 0.29) is 31.1 Å². The fraction of sp³-hybridized carbons (Fsp3) is 0.688. The maximum absolute atomic E-state index is 12.3. The number of Topliss-reactive ketones (excluding diaryl/α,β-unsaturated/α-hetero) is 1. The lowest BCUT2D eigenvalue weighted by molar-refractivity contribution is -0.132. The molecular formula is C16H26N2O6. The zero-order chi connectivity index (χ0) is 18.3. The van der Waals surface area contributed by atoms with E-state index in [1.807, 2.05) is 6.92 Å². The Bertz CT molecular complexity index is 493. The second-order valence-electron chi connectivity index (χ2n) is 5.96. The SMILES string of the molecule is C=C(C)CC(NC(=O)C(CO)NC(=O)CCC)C(=O)C1OC1CO. The third kappa shape index (κ3) is 6.03. The molecule has 0 spiro atoms. The van der Waals surface area contributed by atoms with Crippen LogP contribution in [0, 0.1) is 0 Å². The number of aliphatic hydroxyl groups excluding tert-OH is 2. The van der Waals surface area contributed by atoms with Crippen molar-refractivity contribution in [3.8, 4) is 0 Å². The van der Waals surface area contributed by atoms with E-state index in [9.17, 15) is 19.5 Å². The number of epoxide rings is 1. The van der Waals surface area contributed by atoms with Gasteiger partial charge in [0.2, 0.25) is 11.8 Å². The van der Waals surface area contributed by atoms with Gasteiger partial charge in [-0.2, -0.15) is 0 Å². The number of aliphatic hydroxyl groups is 2. The standard InChI is InChI=1S/C16H26N2O6/c1-4-5-13(21)17-11(7-19)16(23)18-10(6-9(2)3)14(22)15-12(8-20)24-15/h10-12,15,19-20H,2,4-8H2,1,3H3,(H,17,21)(H,18,23). The van der Waals surface area contributed by atoms with Gasteiger partial charge in [-0.15, -0.1) is 6.58 Å². The van der Waals surface area contributed by atoms with Crippen molar-refractivity contribution >= 4 is 17.6 Å². The molecule has 1 heterocycles. The highest BCUT2D eigenvalue weighted by Gasteiger charge is 2.47. The Labute approximate surface area is 141 Å². The average Bonchev–Trinajstić information content (AvgIpc) is 3.30. The van der Waals surface area contributed by atoms with Crippen LogP contribution in [0.3, 0.4) is 0 Å². The Hall–Kier alpha value is -1.77. The number of ketones is 1. The van der Waals surface area contributed by atoms with E-state index in [1.54, 1.807) is 6.92 Å². The molecule has 0 bridgehead atoms. The van der Waals surface area contributed by atoms with Gasteiger partial charge in [0.15, 0.2) is 5.78 Å². The van der Waals surface area contributed by atoms with Crippen LogP contribution in [-0.4, -0.2) is 65.3 Å². The van der Waals surface area contributed by atoms with E-state index in [0.29, 0.717) is 12.0 Å². The summed E-state index contributed by atoms with van der Waals surface area (Å²) < 4.78 is 5.06. The summed E-state index contributed by atoms with van der Waals surface area (Å²) in [5.41, 5.74) is 0.686. The molecule has 136 valence electrons. The van der Waals surface area contributed by atoms with Crippen LogP contribution in [-0.2, 0) is 19.1 Å². The van der Waals surface area contributed by atoms with Gasteiger partial charge in [0.1, 0.15) is 18.2 Å². The van der Waals surface area contributed by atoms with E-state index in [4.69, 9.17) is 9.84 Å². The maximum Gasteiger partial charge on any atom is 0.245 e. The number of hydrogen-bond donors (Lipinski definition) is 4. The molecule has 1 saturated heterocycles. The van der Waals surface area contributed by atoms with Crippen LogP contribution < -0.4 is 10.6 Å². The van der Waals surface area contributed by atoms with Gasteiger partial charge < -0.3 is 25.6 Å². The second-order valence-corrected chi connectivity index (χ2v) is 5.96. The Morgan fingerprint density at radius 1 is 1.21 bits per heavy atom. The summed E-state index contributed by atoms with van der Waals surface area (Å²) in [5.74, 6) is -1.36. The summed E-state index contributed by atoms with van der Waals surface area (Å²) in [4.78, 5) is 36.2. The summed E-state index contributed by atoms with van der Waals surface area (Å²) >= 11 is 0. The van der Waals surface area contributed by atoms with Crippen molar-refractivity contribution in [1.29, 1.82) is 0 Å². The molecule has 4 unspecified atom stereocenters. The van der Waals surface area contributed by atoms with Gasteiger partial charge in [-0.1, -0.05) is 12.5 Å². The molecule has 8 nitrogen and oxygen atoms in total. The first-order chi connectivity index (χ1) is 11.3. The van der Waals surface area contributed by atoms with Gasteiger partial charge in [-0.05, 0) is 19.8 Å². The van der Waals surface area contributed by atoms with Crippen LogP contribution in [0.5, 0.6) is 0 Å². The van der Waals surface area contributed by atoms with Crippen molar-refractivity contribution in [2.75, 3.05) is 13.2 Å². The summed E-state index contributed by atoms with van der Waals surface area (Å²) in [7, 11) is 0. The quantitative estimate of drug-likeness (QED) is 0.283. The van der Waals surface area contributed by atoms with Crippen LogP contribution in [0.25, 0.3) is 0 Å². The highest BCUT2D eigenvalue weighted by molar-refractivity contribution is 5.96. The zero-order valence-corrected chi connectivity index (χ0v) is 14.1. The predicted molar refractivity (Wildman–Crippen MR) is 86.0 cm³/mol. The highest BCUT2D eigenvalue weighted by Crippen LogP contribution is 2.24. The molecule has 1 aliphatic rings. The fourth-order valence-corrected chi connectivity index (χ4v) is 2.26. The molecule has 0 aromatic carbocycles. The Balaban J connectivity index is 2.69. The van der Waals surface area contributed by atoms with Crippen LogP contribution in [0.2, 0.25) is 0 Å². The molecule has 4 N–H and O–H groups in total. The average molecular weight is 342 g/mol. The third-order valence-electron chi connectivity index (χ3n) is 3.57. The monoisotopic (exact) mass is 342 g/mol. The number of ether oxygens (including phenoxy) is 1. The van der Waals surface area contributed by atoms with Gasteiger partial charge in [0.25, 0.3) is 0 Å². The lowest BCUT2D eigenvalue weighted by Crippen LogP contribution is -2.53. The number of hydrogen-bond acceptors (Lipinski definition) is 6. The van der Waals surface area contributed by atoms with Crippen LogP contribution in [0.1, 0.15) is 33.1 Å². The topological polar surface area (TPSA) is 128 Å². The molecule has 1 aliphatic heterocycles. The van der Waals surface area contributed by atoms with Gasteiger partial charge >= 0.3 is 0 Å². The van der Waals surface area contributed by atoms with E-state index >= 15 is 0 Å². The van der Waals surface area contributed by atoms with E-state index < -0.39 is 36.8 Å². The minimum Gasteiger partial charge on any atom is -0.394 e. The summed E-state index contributed by atoms with van der Waals surface area (Å²) in [6, 6.07) is -2.01. The van der Waals surface area contributed by atoms with Gasteiger partial charge in [0, 0.05) is 6.42 Å². The van der Waals surface area contributed by atoms with Crippen molar-refractivity contribution in [3.63, 3.8) is 0 Å². The normalized spacial score (nSPS) is 21.5. The number of rotatable bonds is 11. The van der Waals surface area contributed by atoms with Crippen molar-refractivity contribution < 1.29 is 29.3 Å². The minimum atomic E-state index is -1.13. The first-order valence-corrected chi connectivity index (χ1v) is 7.99. The second kappa shape index (κ2) is 9.51. The fourth-order valence-electron chi connectivity index (χ4n) is 2.26. The summed E-state index contributed by atoms with van der Waals surface area (Å²) in [6.07, 6.45) is -0.221. The number of nitrogens with one attached hydrogen (secondary N) is 2. The van der Waals surface area contributed by atoms with Crippen molar-refractivity contribution in [1.82, 2.24) is 10.6 Å². The number of carbonyl (C=O) groups excluding carboxylic acids is 3. The summed E-state index contributed by atoms with van der Waals surface area (Å²) in [5, 5.41) is 23.2. The van der Waals surface area contributed by atoms with Gasteiger partial charge in [-0.3, -0.25) is 14.4 Å². The van der Waals surface area contributed by atoms with Crippen LogP contribution in [0.4, 0.5) is 0 Å². The predicted octanol–water partition coefficient (Wildman–Crippen LogP) is -0.957. The first kappa shape index (κ1) is 20.3.